The van der Waals surface area contributed by atoms with Crippen molar-refractivity contribution in [1.29, 1.82) is 5.26 Å². The number of aromatic nitrogens is 1. The highest BCUT2D eigenvalue weighted by atomic mass is 16.5. The van der Waals surface area contributed by atoms with Gasteiger partial charge in [0.05, 0.1) is 23.5 Å². The van der Waals surface area contributed by atoms with Crippen molar-refractivity contribution < 1.29 is 9.53 Å². The molecule has 5 nitrogen and oxygen atoms in total. The first kappa shape index (κ1) is 12.6. The van der Waals surface area contributed by atoms with Crippen molar-refractivity contribution in [3.63, 3.8) is 0 Å². The summed E-state index contributed by atoms with van der Waals surface area (Å²) < 4.78 is 5.10. The van der Waals surface area contributed by atoms with Gasteiger partial charge in [-0.2, -0.15) is 5.26 Å². The molecule has 0 bridgehead atoms. The van der Waals surface area contributed by atoms with E-state index >= 15 is 0 Å². The molecule has 0 aliphatic heterocycles. The second-order valence-corrected chi connectivity index (χ2v) is 3.87. The fourth-order valence-electron chi connectivity index (χ4n) is 1.48. The number of ether oxygens (including phenoxy) is 1. The van der Waals surface area contributed by atoms with Gasteiger partial charge in [0.15, 0.2) is 0 Å². The predicted octanol–water partition coefficient (Wildman–Crippen LogP) is 1.89. The van der Waals surface area contributed by atoms with Crippen LogP contribution in [0.5, 0.6) is 0 Å². The maximum absolute atomic E-state index is 11.7. The molecule has 0 saturated carbocycles. The summed E-state index contributed by atoms with van der Waals surface area (Å²) in [6.45, 7) is 0.0976. The first-order valence-corrected chi connectivity index (χ1v) is 5.57. The second-order valence-electron chi connectivity index (χ2n) is 3.87. The number of nitriles is 1. The van der Waals surface area contributed by atoms with Crippen molar-refractivity contribution >= 4 is 11.7 Å². The van der Waals surface area contributed by atoms with E-state index in [1.54, 1.807) is 30.3 Å². The number of carbonyl (C=O) groups excluding carboxylic acids is 1. The van der Waals surface area contributed by atoms with Gasteiger partial charge in [-0.25, -0.2) is 9.78 Å². The Morgan fingerprint density at radius 2 is 2.21 bits per heavy atom. The Hall–Kier alpha value is -2.87. The van der Waals surface area contributed by atoms with E-state index in [1.807, 2.05) is 6.07 Å². The van der Waals surface area contributed by atoms with Gasteiger partial charge in [-0.1, -0.05) is 12.1 Å². The van der Waals surface area contributed by atoms with Crippen LogP contribution in [0.1, 0.15) is 21.6 Å². The lowest BCUT2D eigenvalue weighted by molar-refractivity contribution is 0.0466. The minimum atomic E-state index is -0.526. The molecular formula is C14H11N3O2. The number of hydrogen-bond acceptors (Lipinski definition) is 5. The Morgan fingerprint density at radius 3 is 2.89 bits per heavy atom. The molecule has 0 aliphatic rings. The standard InChI is InChI=1S/C14H11N3O2/c15-7-10-2-1-3-11(6-10)9-19-14(18)13-5-4-12(16)8-17-13/h1-6,8H,9,16H2. The van der Waals surface area contributed by atoms with Crippen molar-refractivity contribution in [3.8, 4) is 6.07 Å². The van der Waals surface area contributed by atoms with E-state index in [0.29, 0.717) is 11.3 Å². The average Bonchev–Trinajstić information content (AvgIpc) is 2.46. The zero-order valence-electron chi connectivity index (χ0n) is 10.0. The topological polar surface area (TPSA) is 89.0 Å². The van der Waals surface area contributed by atoms with Gasteiger partial charge >= 0.3 is 5.97 Å². The molecule has 94 valence electrons. The molecule has 2 aromatic rings. The highest BCUT2D eigenvalue weighted by Crippen LogP contribution is 2.08. The monoisotopic (exact) mass is 253 g/mol. The predicted molar refractivity (Wildman–Crippen MR) is 68.9 cm³/mol. The molecule has 2 rings (SSSR count). The van der Waals surface area contributed by atoms with Crippen LogP contribution in [0.2, 0.25) is 0 Å². The molecule has 0 atom stereocenters. The second kappa shape index (κ2) is 5.65. The zero-order valence-corrected chi connectivity index (χ0v) is 10.0. The molecular weight excluding hydrogens is 242 g/mol. The highest BCUT2D eigenvalue weighted by molar-refractivity contribution is 5.87. The average molecular weight is 253 g/mol. The summed E-state index contributed by atoms with van der Waals surface area (Å²) in [5.74, 6) is -0.526. The van der Waals surface area contributed by atoms with Crippen LogP contribution in [0.15, 0.2) is 42.6 Å². The minimum Gasteiger partial charge on any atom is -0.456 e. The van der Waals surface area contributed by atoms with Crippen LogP contribution < -0.4 is 5.73 Å². The van der Waals surface area contributed by atoms with Gasteiger partial charge < -0.3 is 10.5 Å². The molecule has 19 heavy (non-hydrogen) atoms. The maximum atomic E-state index is 11.7. The van der Waals surface area contributed by atoms with Crippen molar-refractivity contribution in [2.75, 3.05) is 5.73 Å². The van der Waals surface area contributed by atoms with Crippen LogP contribution in [0.3, 0.4) is 0 Å². The molecule has 0 saturated heterocycles. The summed E-state index contributed by atoms with van der Waals surface area (Å²) in [4.78, 5) is 15.6. The molecule has 2 N–H and O–H groups in total. The van der Waals surface area contributed by atoms with Gasteiger partial charge in [0.25, 0.3) is 0 Å². The lowest BCUT2D eigenvalue weighted by Crippen LogP contribution is -2.07. The number of esters is 1. The molecule has 5 heteroatoms. The summed E-state index contributed by atoms with van der Waals surface area (Å²) in [5.41, 5.74) is 7.44. The Balaban J connectivity index is 2.00. The van der Waals surface area contributed by atoms with Crippen molar-refractivity contribution in [2.45, 2.75) is 6.61 Å². The maximum Gasteiger partial charge on any atom is 0.357 e. The van der Waals surface area contributed by atoms with E-state index in [9.17, 15) is 4.79 Å². The number of nitrogens with two attached hydrogens (primary N) is 1. The lowest BCUT2D eigenvalue weighted by atomic mass is 10.1. The third-order valence-electron chi connectivity index (χ3n) is 2.42. The Bertz CT molecular complexity index is 630. The lowest BCUT2D eigenvalue weighted by Gasteiger charge is -2.04. The number of nitrogen functional groups attached to an aromatic ring is 1. The number of nitrogens with zero attached hydrogens (tertiary/aromatic N) is 2. The van der Waals surface area contributed by atoms with Crippen LogP contribution in [-0.4, -0.2) is 11.0 Å². The van der Waals surface area contributed by atoms with Crippen LogP contribution >= 0.6 is 0 Å². The van der Waals surface area contributed by atoms with E-state index in [1.165, 1.54) is 12.3 Å². The van der Waals surface area contributed by atoms with Crippen molar-refractivity contribution in [1.82, 2.24) is 4.98 Å². The number of hydrogen-bond donors (Lipinski definition) is 1. The normalized spacial score (nSPS) is 9.63. The number of carbonyl (C=O) groups is 1. The SMILES string of the molecule is N#Cc1cccc(COC(=O)c2ccc(N)cn2)c1. The van der Waals surface area contributed by atoms with E-state index in [2.05, 4.69) is 4.98 Å². The number of benzene rings is 1. The zero-order chi connectivity index (χ0) is 13.7. The van der Waals surface area contributed by atoms with E-state index in [4.69, 9.17) is 15.7 Å². The quantitative estimate of drug-likeness (QED) is 0.844. The molecule has 0 radical (unpaired) electrons. The van der Waals surface area contributed by atoms with Crippen LogP contribution in [-0.2, 0) is 11.3 Å². The molecule has 0 amide bonds. The Labute approximate surface area is 110 Å². The van der Waals surface area contributed by atoms with Crippen molar-refractivity contribution in [3.05, 3.63) is 59.4 Å². The van der Waals surface area contributed by atoms with Crippen molar-refractivity contribution in [2.24, 2.45) is 0 Å². The molecule has 1 aromatic heterocycles. The summed E-state index contributed by atoms with van der Waals surface area (Å²) in [6.07, 6.45) is 1.40. The largest absolute Gasteiger partial charge is 0.456 e. The minimum absolute atomic E-state index is 0.0976. The molecule has 0 unspecified atom stereocenters. The van der Waals surface area contributed by atoms with Crippen LogP contribution in [0.25, 0.3) is 0 Å². The van der Waals surface area contributed by atoms with E-state index < -0.39 is 5.97 Å². The Kier molecular flexibility index (Phi) is 3.74. The van der Waals surface area contributed by atoms with E-state index in [0.717, 1.165) is 5.56 Å². The number of anilines is 1. The number of rotatable bonds is 3. The highest BCUT2D eigenvalue weighted by Gasteiger charge is 2.08. The van der Waals surface area contributed by atoms with Gasteiger partial charge in [-0.3, -0.25) is 0 Å². The van der Waals surface area contributed by atoms with Gasteiger partial charge in [0.2, 0.25) is 0 Å². The third-order valence-corrected chi connectivity index (χ3v) is 2.42. The summed E-state index contributed by atoms with van der Waals surface area (Å²) in [7, 11) is 0. The fourth-order valence-corrected chi connectivity index (χ4v) is 1.48. The molecule has 0 fully saturated rings. The molecule has 1 heterocycles. The van der Waals surface area contributed by atoms with Crippen LogP contribution in [0.4, 0.5) is 5.69 Å². The van der Waals surface area contributed by atoms with E-state index in [-0.39, 0.29) is 12.3 Å². The summed E-state index contributed by atoms with van der Waals surface area (Å²) in [5, 5.41) is 8.76. The molecule has 0 aliphatic carbocycles. The van der Waals surface area contributed by atoms with Gasteiger partial charge in [0.1, 0.15) is 12.3 Å². The third kappa shape index (κ3) is 3.30. The molecule has 0 spiro atoms. The van der Waals surface area contributed by atoms with Gasteiger partial charge in [-0.15, -0.1) is 0 Å². The number of pyridine rings is 1. The Morgan fingerprint density at radius 1 is 1.37 bits per heavy atom. The summed E-state index contributed by atoms with van der Waals surface area (Å²) >= 11 is 0. The summed E-state index contributed by atoms with van der Waals surface area (Å²) in [6, 6.07) is 12.0. The first-order valence-electron chi connectivity index (χ1n) is 5.57. The van der Waals surface area contributed by atoms with Gasteiger partial charge in [0, 0.05) is 0 Å². The van der Waals surface area contributed by atoms with Gasteiger partial charge in [-0.05, 0) is 29.8 Å². The van der Waals surface area contributed by atoms with Crippen LogP contribution in [0, 0.1) is 11.3 Å². The smallest absolute Gasteiger partial charge is 0.357 e. The first-order chi connectivity index (χ1) is 9.19. The molecule has 1 aromatic carbocycles. The fraction of sp³-hybridized carbons (Fsp3) is 0.0714.